The van der Waals surface area contributed by atoms with Gasteiger partial charge in [0.1, 0.15) is 0 Å². The summed E-state index contributed by atoms with van der Waals surface area (Å²) in [5.74, 6) is 0. The number of hydrogen-bond donors (Lipinski definition) is 4. The fraction of sp³-hybridized carbons (Fsp3) is 0.385. The summed E-state index contributed by atoms with van der Waals surface area (Å²) in [5, 5.41) is 13.0. The highest BCUT2D eigenvalue weighted by Gasteiger charge is 2.41. The SMILES string of the molecule is Nc1cc2c(=O)[nH]cnc2cc1NCC1(CO)CC1. The highest BCUT2D eigenvalue weighted by molar-refractivity contribution is 5.88. The first-order valence-corrected chi connectivity index (χ1v) is 6.25. The number of nitrogens with one attached hydrogen (secondary N) is 2. The molecule has 3 rings (SSSR count). The lowest BCUT2D eigenvalue weighted by Gasteiger charge is -2.15. The number of anilines is 2. The van der Waals surface area contributed by atoms with E-state index in [1.807, 2.05) is 0 Å². The predicted octanol–water partition coefficient (Wildman–Crippen LogP) is 0.690. The summed E-state index contributed by atoms with van der Waals surface area (Å²) in [6, 6.07) is 3.40. The summed E-state index contributed by atoms with van der Waals surface area (Å²) in [6.07, 6.45) is 3.44. The topological polar surface area (TPSA) is 104 Å². The number of hydrogen-bond acceptors (Lipinski definition) is 5. The average Bonchev–Trinajstić information content (AvgIpc) is 3.18. The number of nitrogen functional groups attached to an aromatic ring is 1. The number of nitrogens with two attached hydrogens (primary N) is 1. The standard InChI is InChI=1S/C13H16N4O2/c14-9-3-8-10(16-7-17-12(8)19)4-11(9)15-5-13(6-18)1-2-13/h3-4,7,15,18H,1-2,5-6,14H2,(H,16,17,19). The molecule has 1 aromatic carbocycles. The van der Waals surface area contributed by atoms with Crippen molar-refractivity contribution >= 4 is 22.3 Å². The Hall–Kier alpha value is -2.08. The summed E-state index contributed by atoms with van der Waals surface area (Å²) in [4.78, 5) is 18.3. The number of aliphatic hydroxyl groups is 1. The molecular formula is C13H16N4O2. The minimum atomic E-state index is -0.197. The molecule has 0 bridgehead atoms. The third-order valence-electron chi connectivity index (χ3n) is 3.76. The van der Waals surface area contributed by atoms with Crippen LogP contribution in [-0.4, -0.2) is 28.2 Å². The lowest BCUT2D eigenvalue weighted by Crippen LogP contribution is -2.19. The summed E-state index contributed by atoms with van der Waals surface area (Å²) in [5.41, 5.74) is 7.62. The van der Waals surface area contributed by atoms with E-state index in [0.717, 1.165) is 18.5 Å². The van der Waals surface area contributed by atoms with Crippen molar-refractivity contribution in [2.45, 2.75) is 12.8 Å². The number of fused-ring (bicyclic) bond motifs is 1. The predicted molar refractivity (Wildman–Crippen MR) is 74.0 cm³/mol. The average molecular weight is 260 g/mol. The van der Waals surface area contributed by atoms with E-state index in [4.69, 9.17) is 5.73 Å². The second-order valence-corrected chi connectivity index (χ2v) is 5.20. The van der Waals surface area contributed by atoms with Crippen LogP contribution in [0.1, 0.15) is 12.8 Å². The van der Waals surface area contributed by atoms with Crippen LogP contribution in [0, 0.1) is 5.41 Å². The van der Waals surface area contributed by atoms with E-state index in [2.05, 4.69) is 15.3 Å². The van der Waals surface area contributed by atoms with Gasteiger partial charge < -0.3 is 21.1 Å². The number of rotatable bonds is 4. The van der Waals surface area contributed by atoms with E-state index in [9.17, 15) is 9.90 Å². The van der Waals surface area contributed by atoms with Gasteiger partial charge in [0.15, 0.2) is 0 Å². The van der Waals surface area contributed by atoms with E-state index in [-0.39, 0.29) is 17.6 Å². The monoisotopic (exact) mass is 260 g/mol. The van der Waals surface area contributed by atoms with Gasteiger partial charge in [-0.05, 0) is 25.0 Å². The molecule has 0 amide bonds. The van der Waals surface area contributed by atoms with E-state index in [1.165, 1.54) is 6.33 Å². The van der Waals surface area contributed by atoms with Gasteiger partial charge in [0.05, 0.1) is 35.2 Å². The second-order valence-electron chi connectivity index (χ2n) is 5.20. The van der Waals surface area contributed by atoms with Gasteiger partial charge in [-0.3, -0.25) is 4.79 Å². The molecule has 1 aliphatic rings. The number of benzene rings is 1. The molecule has 0 atom stereocenters. The number of aromatic nitrogens is 2. The van der Waals surface area contributed by atoms with Crippen LogP contribution in [0.3, 0.4) is 0 Å². The van der Waals surface area contributed by atoms with Crippen LogP contribution in [0.2, 0.25) is 0 Å². The summed E-state index contributed by atoms with van der Waals surface area (Å²) >= 11 is 0. The third-order valence-corrected chi connectivity index (χ3v) is 3.76. The van der Waals surface area contributed by atoms with Crippen LogP contribution in [0.5, 0.6) is 0 Å². The van der Waals surface area contributed by atoms with Crippen molar-refractivity contribution in [3.8, 4) is 0 Å². The van der Waals surface area contributed by atoms with Crippen molar-refractivity contribution in [3.63, 3.8) is 0 Å². The van der Waals surface area contributed by atoms with Crippen LogP contribution in [0.25, 0.3) is 10.9 Å². The summed E-state index contributed by atoms with van der Waals surface area (Å²) in [6.45, 7) is 0.869. The Labute approximate surface area is 109 Å². The molecule has 5 N–H and O–H groups in total. The molecule has 19 heavy (non-hydrogen) atoms. The minimum Gasteiger partial charge on any atom is -0.397 e. The van der Waals surface area contributed by atoms with Crippen molar-refractivity contribution in [1.29, 1.82) is 0 Å². The fourth-order valence-electron chi connectivity index (χ4n) is 2.14. The smallest absolute Gasteiger partial charge is 0.258 e. The van der Waals surface area contributed by atoms with Gasteiger partial charge in [-0.15, -0.1) is 0 Å². The molecule has 2 aromatic rings. The van der Waals surface area contributed by atoms with Gasteiger partial charge in [-0.2, -0.15) is 0 Å². The first-order valence-electron chi connectivity index (χ1n) is 6.25. The Morgan fingerprint density at radius 1 is 1.47 bits per heavy atom. The van der Waals surface area contributed by atoms with Crippen molar-refractivity contribution in [3.05, 3.63) is 28.8 Å². The molecule has 1 aromatic heterocycles. The van der Waals surface area contributed by atoms with Crippen molar-refractivity contribution in [2.75, 3.05) is 24.2 Å². The number of aliphatic hydroxyl groups excluding tert-OH is 1. The van der Waals surface area contributed by atoms with E-state index >= 15 is 0 Å². The van der Waals surface area contributed by atoms with E-state index in [1.54, 1.807) is 12.1 Å². The molecule has 0 unspecified atom stereocenters. The van der Waals surface area contributed by atoms with Crippen LogP contribution < -0.4 is 16.6 Å². The van der Waals surface area contributed by atoms with E-state index in [0.29, 0.717) is 23.1 Å². The zero-order valence-electron chi connectivity index (χ0n) is 10.4. The molecule has 6 nitrogen and oxygen atoms in total. The Balaban J connectivity index is 1.91. The van der Waals surface area contributed by atoms with Crippen molar-refractivity contribution < 1.29 is 5.11 Å². The van der Waals surface area contributed by atoms with E-state index < -0.39 is 0 Å². The Kier molecular flexibility index (Phi) is 2.67. The highest BCUT2D eigenvalue weighted by Crippen LogP contribution is 2.45. The van der Waals surface area contributed by atoms with Gasteiger partial charge in [0.25, 0.3) is 5.56 Å². The van der Waals surface area contributed by atoms with Crippen LogP contribution in [-0.2, 0) is 0 Å². The lowest BCUT2D eigenvalue weighted by molar-refractivity contribution is 0.220. The molecule has 1 aliphatic carbocycles. The lowest BCUT2D eigenvalue weighted by atomic mass is 10.1. The molecule has 100 valence electrons. The zero-order valence-corrected chi connectivity index (χ0v) is 10.4. The molecule has 6 heteroatoms. The third kappa shape index (κ3) is 2.15. The fourth-order valence-corrected chi connectivity index (χ4v) is 2.14. The van der Waals surface area contributed by atoms with Gasteiger partial charge in [0.2, 0.25) is 0 Å². The normalized spacial score (nSPS) is 16.5. The Bertz CT molecular complexity index is 676. The maximum absolute atomic E-state index is 11.6. The molecular weight excluding hydrogens is 244 g/mol. The molecule has 0 saturated heterocycles. The molecule has 0 aliphatic heterocycles. The van der Waals surface area contributed by atoms with Gasteiger partial charge in [-0.25, -0.2) is 4.98 Å². The quantitative estimate of drug-likeness (QED) is 0.605. The van der Waals surface area contributed by atoms with Crippen LogP contribution in [0.4, 0.5) is 11.4 Å². The molecule has 0 radical (unpaired) electrons. The molecule has 1 saturated carbocycles. The van der Waals surface area contributed by atoms with Crippen LogP contribution >= 0.6 is 0 Å². The summed E-state index contributed by atoms with van der Waals surface area (Å²) in [7, 11) is 0. The molecule has 1 fully saturated rings. The van der Waals surface area contributed by atoms with Gasteiger partial charge >= 0.3 is 0 Å². The number of nitrogens with zero attached hydrogens (tertiary/aromatic N) is 1. The Morgan fingerprint density at radius 3 is 2.95 bits per heavy atom. The zero-order chi connectivity index (χ0) is 13.5. The van der Waals surface area contributed by atoms with Crippen LogP contribution in [0.15, 0.2) is 23.3 Å². The first kappa shape index (κ1) is 12.0. The Morgan fingerprint density at radius 2 is 2.26 bits per heavy atom. The number of aromatic amines is 1. The van der Waals surface area contributed by atoms with Crippen molar-refractivity contribution in [1.82, 2.24) is 9.97 Å². The maximum Gasteiger partial charge on any atom is 0.258 e. The molecule has 0 spiro atoms. The summed E-state index contributed by atoms with van der Waals surface area (Å²) < 4.78 is 0. The second kappa shape index (κ2) is 4.24. The van der Waals surface area contributed by atoms with Gasteiger partial charge in [-0.1, -0.05) is 0 Å². The van der Waals surface area contributed by atoms with Gasteiger partial charge in [0, 0.05) is 12.0 Å². The van der Waals surface area contributed by atoms with Crippen molar-refractivity contribution in [2.24, 2.45) is 5.41 Å². The minimum absolute atomic E-state index is 0.00296. The highest BCUT2D eigenvalue weighted by atomic mass is 16.3. The largest absolute Gasteiger partial charge is 0.397 e. The maximum atomic E-state index is 11.6. The first-order chi connectivity index (χ1) is 9.13. The number of H-pyrrole nitrogens is 1. The molecule has 1 heterocycles.